The molecule has 10 nitrogen and oxygen atoms in total. The molecule has 2 heterocycles. The van der Waals surface area contributed by atoms with Crippen LogP contribution in [-0.4, -0.2) is 43.7 Å². The fourth-order valence-corrected chi connectivity index (χ4v) is 3.89. The number of carbonyl (C=O) groups is 4. The summed E-state index contributed by atoms with van der Waals surface area (Å²) < 4.78 is 20.7. The van der Waals surface area contributed by atoms with Crippen molar-refractivity contribution in [1.29, 1.82) is 0 Å². The Morgan fingerprint density at radius 1 is 0.969 bits per heavy atom. The molecule has 0 bridgehead atoms. The number of benzene rings is 1. The first kappa shape index (κ1) is 22.9. The number of anilines is 1. The van der Waals surface area contributed by atoms with Crippen LogP contribution in [0.4, 0.5) is 5.69 Å². The lowest BCUT2D eigenvalue weighted by atomic mass is 9.66. The summed E-state index contributed by atoms with van der Waals surface area (Å²) in [6.07, 6.45) is -0.513. The number of carbonyl (C=O) groups excluding carboxylic acids is 4. The summed E-state index contributed by atoms with van der Waals surface area (Å²) in [5.74, 6) is -3.98. The van der Waals surface area contributed by atoms with Crippen molar-refractivity contribution in [2.24, 2.45) is 5.73 Å². The number of esters is 4. The van der Waals surface area contributed by atoms with Gasteiger partial charge in [0.25, 0.3) is 0 Å². The van der Waals surface area contributed by atoms with E-state index in [0.717, 1.165) is 0 Å². The van der Waals surface area contributed by atoms with E-state index in [4.69, 9.17) is 24.7 Å². The van der Waals surface area contributed by atoms with Gasteiger partial charge >= 0.3 is 23.9 Å². The zero-order valence-electron chi connectivity index (χ0n) is 18.0. The number of hydrogen-bond acceptors (Lipinski definition) is 10. The van der Waals surface area contributed by atoms with Crippen LogP contribution in [0.3, 0.4) is 0 Å². The van der Waals surface area contributed by atoms with Crippen LogP contribution in [-0.2, 0) is 43.5 Å². The normalized spacial score (nSPS) is 19.3. The van der Waals surface area contributed by atoms with E-state index in [0.29, 0.717) is 5.69 Å². The lowest BCUT2D eigenvalue weighted by Crippen LogP contribution is -2.47. The summed E-state index contributed by atoms with van der Waals surface area (Å²) in [7, 11) is 0. The van der Waals surface area contributed by atoms with E-state index in [9.17, 15) is 19.2 Å². The molecular weight excluding hydrogens is 420 g/mol. The first-order chi connectivity index (χ1) is 15.3. The van der Waals surface area contributed by atoms with Gasteiger partial charge < -0.3 is 30.0 Å². The summed E-state index contributed by atoms with van der Waals surface area (Å²) in [4.78, 5) is 51.9. The van der Waals surface area contributed by atoms with E-state index in [-0.39, 0.29) is 48.1 Å². The lowest BCUT2D eigenvalue weighted by Gasteiger charge is -2.35. The van der Waals surface area contributed by atoms with Crippen molar-refractivity contribution in [3.8, 4) is 0 Å². The third-order valence-corrected chi connectivity index (χ3v) is 4.99. The monoisotopic (exact) mass is 444 g/mol. The number of ether oxygens (including phenoxy) is 4. The third kappa shape index (κ3) is 3.57. The Labute approximate surface area is 184 Å². The van der Waals surface area contributed by atoms with Crippen molar-refractivity contribution in [3.63, 3.8) is 0 Å². The molecule has 170 valence electrons. The van der Waals surface area contributed by atoms with Crippen molar-refractivity contribution < 1.29 is 38.1 Å². The summed E-state index contributed by atoms with van der Waals surface area (Å²) in [5.41, 5.74) is 4.09. The van der Waals surface area contributed by atoms with Gasteiger partial charge in [0.2, 0.25) is 0 Å². The van der Waals surface area contributed by atoms with E-state index in [1.54, 1.807) is 45.0 Å². The second-order valence-corrected chi connectivity index (χ2v) is 6.82. The molecule has 3 rings (SSSR count). The van der Waals surface area contributed by atoms with Gasteiger partial charge in [0.1, 0.15) is 29.1 Å². The SMILES string of the molecule is CCOC(=O)CC1=C(C(=O)OCC)[C@]2(C(=O)O1)C(C(=O)OCC)=C(N)Nc1ccccc12. The zero-order chi connectivity index (χ0) is 23.5. The van der Waals surface area contributed by atoms with Crippen LogP contribution in [0.2, 0.25) is 0 Å². The Morgan fingerprint density at radius 3 is 2.19 bits per heavy atom. The molecule has 0 fully saturated rings. The Hall–Kier alpha value is -3.82. The highest BCUT2D eigenvalue weighted by Crippen LogP contribution is 2.53. The van der Waals surface area contributed by atoms with Gasteiger partial charge in [-0.3, -0.25) is 4.79 Å². The average molecular weight is 444 g/mol. The Balaban J connectivity index is 2.36. The molecule has 0 aliphatic carbocycles. The largest absolute Gasteiger partial charge is 0.466 e. The van der Waals surface area contributed by atoms with E-state index in [1.807, 2.05) is 0 Å². The van der Waals surface area contributed by atoms with Crippen LogP contribution in [0, 0.1) is 0 Å². The Bertz CT molecular complexity index is 1040. The second kappa shape index (κ2) is 9.13. The molecule has 0 radical (unpaired) electrons. The number of cyclic esters (lactones) is 1. The first-order valence-electron chi connectivity index (χ1n) is 10.1. The van der Waals surface area contributed by atoms with Gasteiger partial charge in [0.05, 0.1) is 19.8 Å². The number of fused-ring (bicyclic) bond motifs is 2. The number of para-hydroxylation sites is 1. The highest BCUT2D eigenvalue weighted by Gasteiger charge is 2.63. The quantitative estimate of drug-likeness (QED) is 0.468. The van der Waals surface area contributed by atoms with E-state index >= 15 is 0 Å². The van der Waals surface area contributed by atoms with E-state index in [2.05, 4.69) is 5.32 Å². The van der Waals surface area contributed by atoms with E-state index in [1.165, 1.54) is 0 Å². The molecule has 1 spiro atoms. The number of nitrogens with one attached hydrogen (secondary N) is 1. The minimum Gasteiger partial charge on any atom is -0.466 e. The van der Waals surface area contributed by atoms with Gasteiger partial charge in [-0.05, 0) is 26.8 Å². The molecule has 10 heteroatoms. The van der Waals surface area contributed by atoms with Gasteiger partial charge in [-0.2, -0.15) is 0 Å². The average Bonchev–Trinajstić information content (AvgIpc) is 3.00. The highest BCUT2D eigenvalue weighted by atomic mass is 16.6. The summed E-state index contributed by atoms with van der Waals surface area (Å²) in [6, 6.07) is 6.51. The van der Waals surface area contributed by atoms with Gasteiger partial charge in [0.15, 0.2) is 5.41 Å². The maximum atomic E-state index is 13.5. The summed E-state index contributed by atoms with van der Waals surface area (Å²) in [6.45, 7) is 4.86. The molecule has 0 unspecified atom stereocenters. The van der Waals surface area contributed by atoms with Gasteiger partial charge in [-0.1, -0.05) is 18.2 Å². The third-order valence-electron chi connectivity index (χ3n) is 4.99. The van der Waals surface area contributed by atoms with Gasteiger partial charge in [-0.15, -0.1) is 0 Å². The van der Waals surface area contributed by atoms with Crippen molar-refractivity contribution in [1.82, 2.24) is 0 Å². The molecule has 3 N–H and O–H groups in total. The summed E-state index contributed by atoms with van der Waals surface area (Å²) in [5, 5.41) is 2.87. The van der Waals surface area contributed by atoms with Crippen LogP contribution in [0.25, 0.3) is 0 Å². The first-order valence-corrected chi connectivity index (χ1v) is 10.1. The van der Waals surface area contributed by atoms with Crippen molar-refractivity contribution in [2.45, 2.75) is 32.6 Å². The minimum absolute atomic E-state index is 0.00345. The maximum Gasteiger partial charge on any atom is 0.339 e. The minimum atomic E-state index is -2.08. The van der Waals surface area contributed by atoms with E-state index < -0.39 is 35.7 Å². The number of hydrogen-bond donors (Lipinski definition) is 2. The fourth-order valence-electron chi connectivity index (χ4n) is 3.89. The topological polar surface area (TPSA) is 143 Å². The molecule has 2 aliphatic heterocycles. The lowest BCUT2D eigenvalue weighted by molar-refractivity contribution is -0.148. The van der Waals surface area contributed by atoms with Crippen LogP contribution < -0.4 is 11.1 Å². The number of rotatable bonds is 7. The molecule has 1 atom stereocenters. The predicted octanol–water partition coefficient (Wildman–Crippen LogP) is 1.41. The van der Waals surface area contributed by atoms with Crippen LogP contribution in [0.5, 0.6) is 0 Å². The molecule has 0 aromatic heterocycles. The number of nitrogens with two attached hydrogens (primary N) is 1. The van der Waals surface area contributed by atoms with Crippen LogP contribution >= 0.6 is 0 Å². The second-order valence-electron chi connectivity index (χ2n) is 6.82. The summed E-state index contributed by atoms with van der Waals surface area (Å²) >= 11 is 0. The van der Waals surface area contributed by atoms with Crippen molar-refractivity contribution in [3.05, 3.63) is 52.6 Å². The maximum absolute atomic E-state index is 13.5. The highest BCUT2D eigenvalue weighted by molar-refractivity contribution is 6.16. The standard InChI is InChI=1S/C22H24N2O8/c1-4-29-15(25)11-14-16(19(26)30-5-2)22(21(28)32-14)12-9-7-8-10-13(12)24-18(23)17(22)20(27)31-6-3/h7-10,24H,4-6,11,23H2,1-3H3/t22-/m0/s1. The molecular formula is C22H24N2O8. The Kier molecular flexibility index (Phi) is 6.52. The molecule has 32 heavy (non-hydrogen) atoms. The van der Waals surface area contributed by atoms with Crippen molar-refractivity contribution >= 4 is 29.6 Å². The molecule has 1 aromatic rings. The molecule has 0 saturated heterocycles. The van der Waals surface area contributed by atoms with Crippen molar-refractivity contribution in [2.75, 3.05) is 25.1 Å². The molecule has 0 amide bonds. The Morgan fingerprint density at radius 2 is 1.56 bits per heavy atom. The van der Waals surface area contributed by atoms with Crippen LogP contribution in [0.15, 0.2) is 47.0 Å². The van der Waals surface area contributed by atoms with Gasteiger partial charge in [-0.25, -0.2) is 14.4 Å². The van der Waals surface area contributed by atoms with Gasteiger partial charge in [0, 0.05) is 11.3 Å². The van der Waals surface area contributed by atoms with Crippen LogP contribution in [0.1, 0.15) is 32.8 Å². The molecule has 2 aliphatic rings. The molecule has 0 saturated carbocycles. The zero-order valence-corrected chi connectivity index (χ0v) is 18.0. The molecule has 1 aromatic carbocycles. The smallest absolute Gasteiger partial charge is 0.339 e. The predicted molar refractivity (Wildman–Crippen MR) is 111 cm³/mol. The fraction of sp³-hybridized carbons (Fsp3) is 0.364.